The molecule has 5 rings (SSSR count). The zero-order valence-electron chi connectivity index (χ0n) is 24.4. The molecule has 0 atom stereocenters. The number of imide groups is 1. The Morgan fingerprint density at radius 2 is 1.43 bits per heavy atom. The van der Waals surface area contributed by atoms with Crippen molar-refractivity contribution in [1.82, 2.24) is 4.90 Å². The van der Waals surface area contributed by atoms with Crippen LogP contribution in [0.3, 0.4) is 0 Å². The van der Waals surface area contributed by atoms with Gasteiger partial charge in [-0.05, 0) is 62.8 Å². The Kier molecular flexibility index (Phi) is 7.89. The van der Waals surface area contributed by atoms with Crippen molar-refractivity contribution in [2.45, 2.75) is 85.5 Å². The molecule has 0 spiro atoms. The van der Waals surface area contributed by atoms with Gasteiger partial charge in [-0.1, -0.05) is 70.6 Å². The molecule has 0 unspecified atom stereocenters. The maximum atomic E-state index is 13.2. The number of nitrogens with zero attached hydrogens (tertiary/aromatic N) is 2. The fraction of sp³-hybridized carbons (Fsp3) is 0.500. The summed E-state index contributed by atoms with van der Waals surface area (Å²) in [5, 5.41) is 13.2. The minimum absolute atomic E-state index is 0.0572. The monoisotopic (exact) mass is 542 g/mol. The van der Waals surface area contributed by atoms with E-state index in [1.165, 1.54) is 11.3 Å². The molecular formula is C34H42N2O4. The summed E-state index contributed by atoms with van der Waals surface area (Å²) in [7, 11) is 0. The maximum Gasteiger partial charge on any atom is 0.261 e. The molecule has 212 valence electrons. The molecule has 6 nitrogen and oxygen atoms in total. The molecule has 2 aromatic carbocycles. The largest absolute Gasteiger partial charge is 0.618 e. The average Bonchev–Trinajstić information content (AvgIpc) is 3.31. The zero-order chi connectivity index (χ0) is 28.5. The first-order valence-electron chi connectivity index (χ1n) is 14.9. The topological polar surface area (TPSA) is 72.7 Å². The van der Waals surface area contributed by atoms with Crippen LogP contribution in [0.5, 0.6) is 5.75 Å². The van der Waals surface area contributed by atoms with Crippen LogP contribution in [0, 0.1) is 16.0 Å². The molecule has 0 fully saturated rings. The average molecular weight is 543 g/mol. The van der Waals surface area contributed by atoms with Gasteiger partial charge in [0.05, 0.1) is 40.4 Å². The lowest BCUT2D eigenvalue weighted by Crippen LogP contribution is -2.36. The number of ether oxygens (including phenoxy) is 1. The third kappa shape index (κ3) is 5.59. The van der Waals surface area contributed by atoms with Crippen molar-refractivity contribution in [2.24, 2.45) is 10.8 Å². The lowest BCUT2D eigenvalue weighted by atomic mass is 9.65. The number of carbonyl (C=O) groups is 2. The zero-order valence-corrected chi connectivity index (χ0v) is 24.4. The second-order valence-corrected chi connectivity index (χ2v) is 12.9. The van der Waals surface area contributed by atoms with Gasteiger partial charge >= 0.3 is 0 Å². The molecule has 0 saturated carbocycles. The van der Waals surface area contributed by atoms with Gasteiger partial charge < -0.3 is 9.94 Å². The number of carbonyl (C=O) groups excluding carboxylic acids is 2. The van der Waals surface area contributed by atoms with Crippen molar-refractivity contribution >= 4 is 28.8 Å². The van der Waals surface area contributed by atoms with Crippen molar-refractivity contribution in [3.05, 3.63) is 70.4 Å². The van der Waals surface area contributed by atoms with E-state index in [0.717, 1.165) is 78.7 Å². The number of hydrogen-bond donors (Lipinski definition) is 0. The second kappa shape index (κ2) is 11.2. The highest BCUT2D eigenvalue weighted by atomic mass is 16.5. The summed E-state index contributed by atoms with van der Waals surface area (Å²) in [6.07, 6.45) is 11.8. The standard InChI is InChI=1S/C34H42N2O4/c1-33(2)22-28-25-18-17-24(21-29(25)36(39)30(28)34(3,4)23-33)40-20-14-10-8-6-5-7-9-13-19-35-31(37)26-15-11-12-16-27(26)32(35)38/h11-12,15-18,21-22H,5-10,13-14,19-20,23H2,1-4H3. The molecule has 6 heteroatoms. The minimum atomic E-state index is -0.173. The normalized spacial score (nSPS) is 18.5. The molecule has 2 aliphatic heterocycles. The second-order valence-electron chi connectivity index (χ2n) is 12.9. The number of hydrogen-bond acceptors (Lipinski definition) is 4. The molecule has 0 saturated heterocycles. The highest BCUT2D eigenvalue weighted by molar-refractivity contribution is 6.28. The number of allylic oxidation sites excluding steroid dienone is 2. The molecule has 0 N–H and O–H groups in total. The summed E-state index contributed by atoms with van der Waals surface area (Å²) in [5.74, 6) is 0.445. The molecule has 2 amide bonds. The summed E-state index contributed by atoms with van der Waals surface area (Å²) in [6.45, 7) is 9.97. The molecule has 3 aliphatic rings. The van der Waals surface area contributed by atoms with Crippen molar-refractivity contribution in [1.29, 1.82) is 0 Å². The van der Waals surface area contributed by atoms with Gasteiger partial charge in [-0.25, -0.2) is 0 Å². The predicted molar refractivity (Wildman–Crippen MR) is 159 cm³/mol. The number of amides is 2. The van der Waals surface area contributed by atoms with E-state index in [1.807, 2.05) is 18.2 Å². The first kappa shape index (κ1) is 28.1. The maximum absolute atomic E-state index is 13.2. The van der Waals surface area contributed by atoms with Crippen LogP contribution < -0.4 is 4.74 Å². The minimum Gasteiger partial charge on any atom is -0.618 e. The first-order chi connectivity index (χ1) is 19.1. The first-order valence-corrected chi connectivity index (χ1v) is 14.9. The Balaban J connectivity index is 0.975. The Bertz CT molecular complexity index is 1330. The van der Waals surface area contributed by atoms with Crippen LogP contribution >= 0.6 is 0 Å². The third-order valence-electron chi connectivity index (χ3n) is 8.43. The van der Waals surface area contributed by atoms with Gasteiger partial charge in [0.2, 0.25) is 11.4 Å². The number of fused-ring (bicyclic) bond motifs is 4. The van der Waals surface area contributed by atoms with E-state index in [9.17, 15) is 14.8 Å². The van der Waals surface area contributed by atoms with Crippen molar-refractivity contribution in [2.75, 3.05) is 13.2 Å². The highest BCUT2D eigenvalue weighted by Gasteiger charge is 2.48. The van der Waals surface area contributed by atoms with E-state index >= 15 is 0 Å². The molecule has 40 heavy (non-hydrogen) atoms. The Hall–Kier alpha value is -3.41. The van der Waals surface area contributed by atoms with Crippen LogP contribution in [0.25, 0.3) is 5.57 Å². The number of rotatable bonds is 12. The number of benzene rings is 2. The molecule has 1 aliphatic carbocycles. The van der Waals surface area contributed by atoms with E-state index in [0.29, 0.717) is 30.0 Å². The van der Waals surface area contributed by atoms with E-state index in [4.69, 9.17) is 4.74 Å². The molecule has 2 aromatic rings. The fourth-order valence-electron chi connectivity index (χ4n) is 6.87. The van der Waals surface area contributed by atoms with Gasteiger partial charge in [-0.3, -0.25) is 14.5 Å². The highest BCUT2D eigenvalue weighted by Crippen LogP contribution is 2.51. The molecule has 0 aromatic heterocycles. The van der Waals surface area contributed by atoms with E-state index in [-0.39, 0.29) is 22.6 Å². The van der Waals surface area contributed by atoms with Crippen molar-refractivity contribution in [3.63, 3.8) is 0 Å². The third-order valence-corrected chi connectivity index (χ3v) is 8.43. The molecule has 0 radical (unpaired) electrons. The van der Waals surface area contributed by atoms with Crippen molar-refractivity contribution < 1.29 is 19.1 Å². The summed E-state index contributed by atoms with van der Waals surface area (Å²) < 4.78 is 7.15. The van der Waals surface area contributed by atoms with Gasteiger partial charge in [0, 0.05) is 6.54 Å². The van der Waals surface area contributed by atoms with Gasteiger partial charge in [-0.15, -0.1) is 0 Å². The predicted octanol–water partition coefficient (Wildman–Crippen LogP) is 7.92. The van der Waals surface area contributed by atoms with Gasteiger partial charge in [0.15, 0.2) is 0 Å². The molecule has 2 heterocycles. The van der Waals surface area contributed by atoms with E-state index < -0.39 is 0 Å². The summed E-state index contributed by atoms with van der Waals surface area (Å²) in [6, 6.07) is 13.0. The van der Waals surface area contributed by atoms with Gasteiger partial charge in [0.25, 0.3) is 11.8 Å². The van der Waals surface area contributed by atoms with Crippen LogP contribution in [-0.4, -0.2) is 40.3 Å². The summed E-state index contributed by atoms with van der Waals surface area (Å²) in [5.41, 5.74) is 4.62. The fourth-order valence-corrected chi connectivity index (χ4v) is 6.87. The van der Waals surface area contributed by atoms with Crippen LogP contribution in [0.2, 0.25) is 0 Å². The van der Waals surface area contributed by atoms with E-state index in [2.05, 4.69) is 33.8 Å². The smallest absolute Gasteiger partial charge is 0.261 e. The molecular weight excluding hydrogens is 500 g/mol. The molecule has 0 bridgehead atoms. The summed E-state index contributed by atoms with van der Waals surface area (Å²) in [4.78, 5) is 26.2. The Labute approximate surface area is 238 Å². The summed E-state index contributed by atoms with van der Waals surface area (Å²) >= 11 is 0. The SMILES string of the molecule is CC1(C)C=C2C(=[N+]([O-])c3cc(OCCCCCCCCCCN4C(=O)c5ccccc5C4=O)ccc32)C(C)(C)C1. The number of unbranched alkanes of at least 4 members (excludes halogenated alkanes) is 7. The van der Waals surface area contributed by atoms with E-state index in [1.54, 1.807) is 24.3 Å². The van der Waals surface area contributed by atoms with Gasteiger partial charge in [-0.2, -0.15) is 4.74 Å². The Morgan fingerprint density at radius 3 is 2.08 bits per heavy atom. The van der Waals surface area contributed by atoms with Crippen LogP contribution in [0.15, 0.2) is 48.5 Å². The Morgan fingerprint density at radius 1 is 0.825 bits per heavy atom. The van der Waals surface area contributed by atoms with Crippen LogP contribution in [0.4, 0.5) is 5.69 Å². The van der Waals surface area contributed by atoms with Crippen molar-refractivity contribution in [3.8, 4) is 5.75 Å². The van der Waals surface area contributed by atoms with Gasteiger partial charge in [0.1, 0.15) is 5.75 Å². The van der Waals surface area contributed by atoms with Crippen LogP contribution in [0.1, 0.15) is 112 Å². The lowest BCUT2D eigenvalue weighted by molar-refractivity contribution is -0.361. The van der Waals surface area contributed by atoms with Crippen LogP contribution in [-0.2, 0) is 0 Å². The lowest BCUT2D eigenvalue weighted by Gasteiger charge is -2.36. The quantitative estimate of drug-likeness (QED) is 0.118.